The van der Waals surface area contributed by atoms with Crippen LogP contribution in [0.5, 0.6) is 0 Å². The molecular formula is C22H36O. The summed E-state index contributed by atoms with van der Waals surface area (Å²) in [6.07, 6.45) is 15.4. The number of hydrogen-bond acceptors (Lipinski definition) is 1. The lowest BCUT2D eigenvalue weighted by Crippen LogP contribution is -2.50. The minimum absolute atomic E-state index is 0.331. The molecule has 0 amide bonds. The van der Waals surface area contributed by atoms with Gasteiger partial charge in [-0.2, -0.15) is 0 Å². The van der Waals surface area contributed by atoms with Crippen LogP contribution in [-0.2, 0) is 0 Å². The number of fused-ring (bicyclic) bond motifs is 5. The van der Waals surface area contributed by atoms with Gasteiger partial charge in [0.25, 0.3) is 0 Å². The molecule has 0 radical (unpaired) electrons. The fourth-order valence-electron chi connectivity index (χ4n) is 7.61. The first kappa shape index (κ1) is 16.2. The summed E-state index contributed by atoms with van der Waals surface area (Å²) in [5, 5.41) is 10.8. The molecule has 0 aromatic carbocycles. The highest BCUT2D eigenvalue weighted by Gasteiger charge is 2.55. The third-order valence-corrected chi connectivity index (χ3v) is 8.96. The van der Waals surface area contributed by atoms with Gasteiger partial charge in [0, 0.05) is 0 Å². The fourth-order valence-corrected chi connectivity index (χ4v) is 7.61. The van der Waals surface area contributed by atoms with Crippen molar-refractivity contribution in [1.82, 2.24) is 0 Å². The maximum absolute atomic E-state index is 10.8. The quantitative estimate of drug-likeness (QED) is 0.613. The van der Waals surface area contributed by atoms with Gasteiger partial charge < -0.3 is 5.11 Å². The van der Waals surface area contributed by atoms with E-state index < -0.39 is 0 Å². The minimum Gasteiger partial charge on any atom is -0.390 e. The van der Waals surface area contributed by atoms with Crippen LogP contribution in [0.4, 0.5) is 0 Å². The van der Waals surface area contributed by atoms with Crippen LogP contribution in [0.25, 0.3) is 0 Å². The average molecular weight is 317 g/mol. The van der Waals surface area contributed by atoms with Gasteiger partial charge in [-0.05, 0) is 106 Å². The second-order valence-corrected chi connectivity index (χ2v) is 9.56. The van der Waals surface area contributed by atoms with E-state index in [1.165, 1.54) is 44.9 Å². The summed E-state index contributed by atoms with van der Waals surface area (Å²) in [6.45, 7) is 7.02. The standard InChI is InChI=1S/C22H36O/c1-4-16-7-9-20-19-8-6-15-14-22(23,5-2)13-11-17(15)18(19)10-12-21(16,20)3/h4,15,17-20,23H,5-14H2,1-3H3/b16-4-/t15-,17-,18+,19?,20-,21+,22+/m0/s1. The van der Waals surface area contributed by atoms with E-state index in [9.17, 15) is 5.11 Å². The SMILES string of the molecule is C/C=C1/CC[C@H]2C3CC[C@H]4C[C@@](O)(CC)CC[C@@H]4[C@H]3CC[C@]12C. The van der Waals surface area contributed by atoms with E-state index in [-0.39, 0.29) is 5.60 Å². The van der Waals surface area contributed by atoms with Crippen molar-refractivity contribution in [3.63, 3.8) is 0 Å². The summed E-state index contributed by atoms with van der Waals surface area (Å²) in [7, 11) is 0. The molecule has 0 spiro atoms. The molecule has 4 fully saturated rings. The lowest BCUT2D eigenvalue weighted by Gasteiger charge is -2.56. The summed E-state index contributed by atoms with van der Waals surface area (Å²) < 4.78 is 0. The lowest BCUT2D eigenvalue weighted by atomic mass is 9.49. The average Bonchev–Trinajstić information content (AvgIpc) is 2.90. The van der Waals surface area contributed by atoms with Gasteiger partial charge >= 0.3 is 0 Å². The molecule has 0 aromatic heterocycles. The Bertz CT molecular complexity index is 494. The van der Waals surface area contributed by atoms with Gasteiger partial charge in [0.15, 0.2) is 0 Å². The Balaban J connectivity index is 1.55. The van der Waals surface area contributed by atoms with Crippen molar-refractivity contribution in [2.75, 3.05) is 0 Å². The number of rotatable bonds is 1. The molecule has 1 nitrogen and oxygen atoms in total. The van der Waals surface area contributed by atoms with Crippen LogP contribution >= 0.6 is 0 Å². The molecule has 1 unspecified atom stereocenters. The molecule has 130 valence electrons. The monoisotopic (exact) mass is 316 g/mol. The normalized spacial score (nSPS) is 54.4. The largest absolute Gasteiger partial charge is 0.390 e. The van der Waals surface area contributed by atoms with Crippen molar-refractivity contribution in [2.24, 2.45) is 35.0 Å². The zero-order chi connectivity index (χ0) is 16.2. The number of aliphatic hydroxyl groups is 1. The molecule has 0 saturated heterocycles. The molecule has 0 heterocycles. The van der Waals surface area contributed by atoms with Gasteiger partial charge in [-0.15, -0.1) is 0 Å². The van der Waals surface area contributed by atoms with Crippen molar-refractivity contribution in [1.29, 1.82) is 0 Å². The minimum atomic E-state index is -0.331. The van der Waals surface area contributed by atoms with Crippen molar-refractivity contribution in [2.45, 2.75) is 90.6 Å². The van der Waals surface area contributed by atoms with Crippen molar-refractivity contribution < 1.29 is 5.11 Å². The molecule has 0 aromatic rings. The molecule has 0 aliphatic heterocycles. The second-order valence-electron chi connectivity index (χ2n) is 9.56. The highest BCUT2D eigenvalue weighted by atomic mass is 16.3. The van der Waals surface area contributed by atoms with E-state index in [0.717, 1.165) is 48.9 Å². The van der Waals surface area contributed by atoms with Gasteiger partial charge in [0.1, 0.15) is 0 Å². The smallest absolute Gasteiger partial charge is 0.0648 e. The first-order valence-electron chi connectivity index (χ1n) is 10.4. The lowest BCUT2D eigenvalue weighted by molar-refractivity contribution is -0.0980. The van der Waals surface area contributed by atoms with E-state index in [2.05, 4.69) is 26.8 Å². The number of hydrogen-bond donors (Lipinski definition) is 1. The second kappa shape index (κ2) is 5.61. The Morgan fingerprint density at radius 3 is 2.57 bits per heavy atom. The Morgan fingerprint density at radius 2 is 1.83 bits per heavy atom. The van der Waals surface area contributed by atoms with E-state index in [0.29, 0.717) is 5.41 Å². The molecule has 4 saturated carbocycles. The molecule has 23 heavy (non-hydrogen) atoms. The van der Waals surface area contributed by atoms with Gasteiger partial charge in [-0.3, -0.25) is 0 Å². The van der Waals surface area contributed by atoms with Crippen LogP contribution in [0.3, 0.4) is 0 Å². The third kappa shape index (κ3) is 2.36. The Kier molecular flexibility index (Phi) is 3.95. The first-order valence-corrected chi connectivity index (χ1v) is 10.4. The Morgan fingerprint density at radius 1 is 1.04 bits per heavy atom. The summed E-state index contributed by atoms with van der Waals surface area (Å²) >= 11 is 0. The molecule has 4 rings (SSSR count). The van der Waals surface area contributed by atoms with E-state index >= 15 is 0 Å². The first-order chi connectivity index (χ1) is 11.0. The maximum Gasteiger partial charge on any atom is 0.0648 e. The predicted octanol–water partition coefficient (Wildman–Crippen LogP) is 5.73. The Labute approximate surface area is 142 Å². The summed E-state index contributed by atoms with van der Waals surface area (Å²) in [5.74, 6) is 4.67. The third-order valence-electron chi connectivity index (χ3n) is 8.96. The van der Waals surface area contributed by atoms with Crippen LogP contribution < -0.4 is 0 Å². The summed E-state index contributed by atoms with van der Waals surface area (Å²) in [5.41, 5.74) is 1.97. The van der Waals surface area contributed by atoms with Crippen LogP contribution in [0.15, 0.2) is 11.6 Å². The van der Waals surface area contributed by atoms with Crippen LogP contribution in [0.2, 0.25) is 0 Å². The molecule has 4 aliphatic carbocycles. The zero-order valence-electron chi connectivity index (χ0n) is 15.5. The zero-order valence-corrected chi connectivity index (χ0v) is 15.5. The van der Waals surface area contributed by atoms with E-state index in [4.69, 9.17) is 0 Å². The van der Waals surface area contributed by atoms with Crippen molar-refractivity contribution in [3.05, 3.63) is 11.6 Å². The van der Waals surface area contributed by atoms with Gasteiger partial charge in [0.05, 0.1) is 5.60 Å². The van der Waals surface area contributed by atoms with E-state index in [1.54, 1.807) is 5.57 Å². The topological polar surface area (TPSA) is 20.2 Å². The van der Waals surface area contributed by atoms with Gasteiger partial charge in [-0.1, -0.05) is 25.5 Å². The summed E-state index contributed by atoms with van der Waals surface area (Å²) in [6, 6.07) is 0. The van der Waals surface area contributed by atoms with Crippen molar-refractivity contribution >= 4 is 0 Å². The highest BCUT2D eigenvalue weighted by molar-refractivity contribution is 5.23. The summed E-state index contributed by atoms with van der Waals surface area (Å²) in [4.78, 5) is 0. The van der Waals surface area contributed by atoms with Crippen LogP contribution in [0, 0.1) is 35.0 Å². The molecule has 4 aliphatic rings. The van der Waals surface area contributed by atoms with E-state index in [1.807, 2.05) is 0 Å². The highest BCUT2D eigenvalue weighted by Crippen LogP contribution is 2.64. The molecule has 1 N–H and O–H groups in total. The predicted molar refractivity (Wildman–Crippen MR) is 96.1 cm³/mol. The maximum atomic E-state index is 10.8. The molecule has 1 heteroatoms. The van der Waals surface area contributed by atoms with Crippen LogP contribution in [0.1, 0.15) is 85.0 Å². The molecule has 0 bridgehead atoms. The number of allylic oxidation sites excluding steroid dienone is 2. The van der Waals surface area contributed by atoms with Gasteiger partial charge in [0.2, 0.25) is 0 Å². The van der Waals surface area contributed by atoms with Crippen molar-refractivity contribution in [3.8, 4) is 0 Å². The fraction of sp³-hybridized carbons (Fsp3) is 0.909. The van der Waals surface area contributed by atoms with Crippen LogP contribution in [-0.4, -0.2) is 10.7 Å². The van der Waals surface area contributed by atoms with Gasteiger partial charge in [-0.25, -0.2) is 0 Å². The molecular weight excluding hydrogens is 280 g/mol. The molecule has 7 atom stereocenters. The Hall–Kier alpha value is -0.300.